The molecule has 0 bridgehead atoms. The van der Waals surface area contributed by atoms with Gasteiger partial charge in [0.2, 0.25) is 5.91 Å². The van der Waals surface area contributed by atoms with Gasteiger partial charge in [0.1, 0.15) is 0 Å². The summed E-state index contributed by atoms with van der Waals surface area (Å²) in [4.78, 5) is 17.2. The number of nitrogens with zero attached hydrogens (tertiary/aromatic N) is 2. The van der Waals surface area contributed by atoms with E-state index in [9.17, 15) is 4.79 Å². The van der Waals surface area contributed by atoms with Gasteiger partial charge in [-0.3, -0.25) is 4.79 Å². The Morgan fingerprint density at radius 3 is 1.72 bits per heavy atom. The van der Waals surface area contributed by atoms with Crippen molar-refractivity contribution in [3.8, 4) is 0 Å². The number of hydrogen-bond donors (Lipinski definition) is 0. The summed E-state index contributed by atoms with van der Waals surface area (Å²) in [5.74, 6) is 0.318. The Kier molecular flexibility index (Phi) is 17.8. The second-order valence-corrected chi connectivity index (χ2v) is 16.2. The van der Waals surface area contributed by atoms with E-state index in [4.69, 9.17) is 4.43 Å². The molecule has 4 nitrogen and oxygen atoms in total. The number of unbranched alkanes of at least 4 members (excludes halogenated alkanes) is 10. The predicted octanol–water partition coefficient (Wildman–Crippen LogP) is 7.49. The van der Waals surface area contributed by atoms with Crippen molar-refractivity contribution in [2.45, 2.75) is 129 Å². The van der Waals surface area contributed by atoms with Crippen LogP contribution >= 0.6 is 0 Å². The molecule has 0 fully saturated rings. The molecule has 32 heavy (non-hydrogen) atoms. The van der Waals surface area contributed by atoms with Crippen molar-refractivity contribution in [3.63, 3.8) is 0 Å². The lowest BCUT2D eigenvalue weighted by Crippen LogP contribution is -2.44. The molecular weight excluding hydrogens is 412 g/mol. The van der Waals surface area contributed by atoms with Gasteiger partial charge in [-0.15, -0.1) is 0 Å². The third-order valence-corrected chi connectivity index (χ3v) is 11.5. The lowest BCUT2D eigenvalue weighted by molar-refractivity contribution is -0.131. The Morgan fingerprint density at radius 2 is 1.25 bits per heavy atom. The van der Waals surface area contributed by atoms with Crippen LogP contribution in [0, 0.1) is 0 Å². The first-order valence-corrected chi connectivity index (χ1v) is 16.5. The predicted molar refractivity (Wildman–Crippen MR) is 144 cm³/mol. The molecule has 0 aromatic rings. The molecule has 0 heterocycles. The second kappa shape index (κ2) is 18.0. The Bertz CT molecular complexity index is 461. The molecule has 192 valence electrons. The molecule has 0 spiro atoms. The zero-order valence-corrected chi connectivity index (χ0v) is 24.2. The third-order valence-electron chi connectivity index (χ3n) is 7.01. The van der Waals surface area contributed by atoms with Crippen LogP contribution in [0.25, 0.3) is 0 Å². The topological polar surface area (TPSA) is 32.8 Å². The van der Waals surface area contributed by atoms with Crippen LogP contribution in [0.15, 0.2) is 0 Å². The maximum Gasteiger partial charge on any atom is 0.222 e. The Labute approximate surface area is 203 Å². The Hall–Kier alpha value is -0.393. The van der Waals surface area contributed by atoms with E-state index in [2.05, 4.69) is 64.7 Å². The Morgan fingerprint density at radius 1 is 0.750 bits per heavy atom. The van der Waals surface area contributed by atoms with Crippen molar-refractivity contribution < 1.29 is 9.22 Å². The standard InChI is InChI=1S/C27H58N2O2Si/c1-9-10-11-12-13-14-15-16-17-18-19-21-26(30)29(23-20-22-28(5)6)24-25-31-32(7,8)27(2,3)4/h9-25H2,1-8H3. The number of amides is 1. The fourth-order valence-corrected chi connectivity index (χ4v) is 4.70. The lowest BCUT2D eigenvalue weighted by atomic mass is 10.1. The minimum atomic E-state index is -1.76. The maximum atomic E-state index is 12.9. The Balaban J connectivity index is 4.19. The summed E-state index contributed by atoms with van der Waals surface area (Å²) >= 11 is 0. The van der Waals surface area contributed by atoms with E-state index < -0.39 is 8.32 Å². The van der Waals surface area contributed by atoms with Crippen LogP contribution in [0.4, 0.5) is 0 Å². The van der Waals surface area contributed by atoms with E-state index in [0.717, 1.165) is 32.5 Å². The van der Waals surface area contributed by atoms with Gasteiger partial charge in [0.25, 0.3) is 0 Å². The molecule has 0 rings (SSSR count). The normalized spacial score (nSPS) is 12.5. The van der Waals surface area contributed by atoms with E-state index in [1.807, 2.05) is 0 Å². The fourth-order valence-electron chi connectivity index (χ4n) is 3.67. The molecule has 0 atom stereocenters. The van der Waals surface area contributed by atoms with Gasteiger partial charge in [0.05, 0.1) is 6.61 Å². The van der Waals surface area contributed by atoms with Crippen LogP contribution in [-0.4, -0.2) is 64.4 Å². The first kappa shape index (κ1) is 31.6. The van der Waals surface area contributed by atoms with Gasteiger partial charge in [0, 0.05) is 19.5 Å². The van der Waals surface area contributed by atoms with Crippen LogP contribution in [-0.2, 0) is 9.22 Å². The molecule has 0 saturated carbocycles. The molecule has 0 aliphatic heterocycles. The van der Waals surface area contributed by atoms with Crippen LogP contribution in [0.2, 0.25) is 18.1 Å². The second-order valence-electron chi connectivity index (χ2n) is 11.4. The summed E-state index contributed by atoms with van der Waals surface area (Å²) in [5, 5.41) is 0.211. The van der Waals surface area contributed by atoms with Gasteiger partial charge in [-0.05, 0) is 51.6 Å². The molecule has 0 aromatic heterocycles. The van der Waals surface area contributed by atoms with Crippen LogP contribution in [0.1, 0.15) is 111 Å². The van der Waals surface area contributed by atoms with Crippen molar-refractivity contribution in [1.82, 2.24) is 9.80 Å². The molecular formula is C27H58N2O2Si. The molecule has 0 aliphatic rings. The highest BCUT2D eigenvalue weighted by Crippen LogP contribution is 2.36. The highest BCUT2D eigenvalue weighted by molar-refractivity contribution is 6.74. The van der Waals surface area contributed by atoms with Crippen molar-refractivity contribution in [2.24, 2.45) is 0 Å². The minimum Gasteiger partial charge on any atom is -0.415 e. The van der Waals surface area contributed by atoms with Crippen molar-refractivity contribution in [2.75, 3.05) is 40.3 Å². The monoisotopic (exact) mass is 470 g/mol. The largest absolute Gasteiger partial charge is 0.415 e. The highest BCUT2D eigenvalue weighted by atomic mass is 28.4. The fraction of sp³-hybridized carbons (Fsp3) is 0.963. The van der Waals surface area contributed by atoms with Crippen molar-refractivity contribution in [1.29, 1.82) is 0 Å². The van der Waals surface area contributed by atoms with Crippen molar-refractivity contribution in [3.05, 3.63) is 0 Å². The molecule has 1 amide bonds. The van der Waals surface area contributed by atoms with Crippen LogP contribution in [0.3, 0.4) is 0 Å². The van der Waals surface area contributed by atoms with Gasteiger partial charge in [-0.1, -0.05) is 91.9 Å². The molecule has 5 heteroatoms. The van der Waals surface area contributed by atoms with E-state index in [-0.39, 0.29) is 5.04 Å². The molecule has 0 aromatic carbocycles. The third kappa shape index (κ3) is 16.3. The molecule has 0 unspecified atom stereocenters. The molecule has 0 aliphatic carbocycles. The summed E-state index contributed by atoms with van der Waals surface area (Å²) in [6, 6.07) is 0. The number of hydrogen-bond acceptors (Lipinski definition) is 3. The lowest BCUT2D eigenvalue weighted by Gasteiger charge is -2.37. The average molecular weight is 471 g/mol. The summed E-state index contributed by atoms with van der Waals surface area (Å²) in [5.41, 5.74) is 0. The summed E-state index contributed by atoms with van der Waals surface area (Å²) < 4.78 is 6.35. The summed E-state index contributed by atoms with van der Waals surface area (Å²) in [7, 11) is 2.43. The number of carbonyl (C=O) groups is 1. The zero-order valence-electron chi connectivity index (χ0n) is 23.2. The van der Waals surface area contributed by atoms with Gasteiger partial charge in [-0.25, -0.2) is 0 Å². The van der Waals surface area contributed by atoms with E-state index in [0.29, 0.717) is 18.9 Å². The average Bonchev–Trinajstić information content (AvgIpc) is 2.69. The van der Waals surface area contributed by atoms with Crippen LogP contribution < -0.4 is 0 Å². The zero-order chi connectivity index (χ0) is 24.5. The highest BCUT2D eigenvalue weighted by Gasteiger charge is 2.37. The maximum absolute atomic E-state index is 12.9. The summed E-state index contributed by atoms with van der Waals surface area (Å²) in [6.45, 7) is 16.9. The van der Waals surface area contributed by atoms with Gasteiger partial charge in [-0.2, -0.15) is 0 Å². The van der Waals surface area contributed by atoms with Gasteiger partial charge >= 0.3 is 0 Å². The molecule has 0 saturated heterocycles. The smallest absolute Gasteiger partial charge is 0.222 e. The van der Waals surface area contributed by atoms with E-state index >= 15 is 0 Å². The SMILES string of the molecule is CCCCCCCCCCCCCC(=O)N(CCCN(C)C)CCO[Si](C)(C)C(C)(C)C. The molecule has 0 radical (unpaired) electrons. The van der Waals surface area contributed by atoms with E-state index in [1.54, 1.807) is 0 Å². The number of carbonyl (C=O) groups excluding carboxylic acids is 1. The number of rotatable bonds is 20. The van der Waals surface area contributed by atoms with Crippen LogP contribution in [0.5, 0.6) is 0 Å². The van der Waals surface area contributed by atoms with Gasteiger partial charge < -0.3 is 14.2 Å². The van der Waals surface area contributed by atoms with Crippen molar-refractivity contribution >= 4 is 14.2 Å². The first-order chi connectivity index (χ1) is 15.0. The minimum absolute atomic E-state index is 0.211. The van der Waals surface area contributed by atoms with E-state index in [1.165, 1.54) is 64.2 Å². The summed E-state index contributed by atoms with van der Waals surface area (Å²) in [6.07, 6.45) is 16.2. The van der Waals surface area contributed by atoms with Gasteiger partial charge in [0.15, 0.2) is 8.32 Å². The quantitative estimate of drug-likeness (QED) is 0.136. The molecule has 0 N–H and O–H groups in total. The first-order valence-electron chi connectivity index (χ1n) is 13.6.